The van der Waals surface area contributed by atoms with Crippen molar-refractivity contribution in [3.8, 4) is 5.75 Å². The summed E-state index contributed by atoms with van der Waals surface area (Å²) in [6.45, 7) is 4.11. The normalized spacial score (nSPS) is 11.2. The van der Waals surface area contributed by atoms with Gasteiger partial charge in [-0.25, -0.2) is 0 Å². The van der Waals surface area contributed by atoms with E-state index in [1.807, 2.05) is 6.92 Å². The van der Waals surface area contributed by atoms with Crippen molar-refractivity contribution >= 4 is 23.1 Å². The number of Topliss-reactive ketones (excluding diaryl/α,β-unsaturated/α-hetero) is 1. The molecule has 5 nitrogen and oxygen atoms in total. The van der Waals surface area contributed by atoms with Gasteiger partial charge in [0.1, 0.15) is 5.75 Å². The molecule has 0 aliphatic heterocycles. The highest BCUT2D eigenvalue weighted by Gasteiger charge is 2.05. The Morgan fingerprint density at radius 3 is 1.53 bits per heavy atom. The van der Waals surface area contributed by atoms with E-state index < -0.39 is 0 Å². The van der Waals surface area contributed by atoms with Gasteiger partial charge >= 0.3 is 5.97 Å². The molecule has 0 saturated carbocycles. The molecule has 0 aliphatic carbocycles. The fourth-order valence-electron chi connectivity index (χ4n) is 4.08. The van der Waals surface area contributed by atoms with E-state index in [0.717, 1.165) is 12.8 Å². The minimum atomic E-state index is -0.186. The summed E-state index contributed by atoms with van der Waals surface area (Å²) in [5.41, 5.74) is 2.03. The number of unbranched alkanes of at least 4 members (excludes halogenated alkanes) is 12. The van der Waals surface area contributed by atoms with Crippen LogP contribution < -0.4 is 4.74 Å². The van der Waals surface area contributed by atoms with Crippen LogP contribution in [-0.2, 0) is 4.79 Å². The molecular weight excluding hydrogens is 448 g/mol. The van der Waals surface area contributed by atoms with Crippen molar-refractivity contribution in [3.63, 3.8) is 0 Å². The first-order valence-corrected chi connectivity index (χ1v) is 14.0. The van der Waals surface area contributed by atoms with Crippen LogP contribution in [0.25, 0.3) is 0 Å². The molecule has 2 aromatic carbocycles. The zero-order valence-electron chi connectivity index (χ0n) is 22.3. The van der Waals surface area contributed by atoms with Crippen molar-refractivity contribution in [3.05, 3.63) is 54.1 Å². The van der Waals surface area contributed by atoms with Crippen LogP contribution in [0.15, 0.2) is 58.8 Å². The first-order chi connectivity index (χ1) is 17.6. The van der Waals surface area contributed by atoms with Crippen LogP contribution in [0, 0.1) is 0 Å². The number of rotatable bonds is 19. The van der Waals surface area contributed by atoms with E-state index in [1.54, 1.807) is 48.5 Å². The molecule has 0 aromatic heterocycles. The molecule has 0 bridgehead atoms. The Morgan fingerprint density at radius 1 is 0.611 bits per heavy atom. The standard InChI is InChI=1S/C31H44N2O3/c1-3-5-6-7-8-9-10-11-12-13-14-15-16-17-31(35)36-29-24-22-28(23-25-29)33-32-27-20-18-26(19-21-27)30(34)4-2/h18-25H,3-17H2,1-2H3. The second-order valence-electron chi connectivity index (χ2n) is 9.48. The first kappa shape index (κ1) is 29.4. The number of ether oxygens (including phenoxy) is 1. The van der Waals surface area contributed by atoms with Crippen LogP contribution in [0.5, 0.6) is 5.75 Å². The fraction of sp³-hybridized carbons (Fsp3) is 0.548. The average Bonchev–Trinajstić information content (AvgIpc) is 2.90. The fourth-order valence-corrected chi connectivity index (χ4v) is 4.08. The second-order valence-corrected chi connectivity index (χ2v) is 9.48. The van der Waals surface area contributed by atoms with E-state index in [-0.39, 0.29) is 11.8 Å². The van der Waals surface area contributed by atoms with Crippen LogP contribution in [0.2, 0.25) is 0 Å². The Hall–Kier alpha value is -2.82. The molecule has 0 unspecified atom stereocenters. The number of ketones is 1. The van der Waals surface area contributed by atoms with Gasteiger partial charge in [0.25, 0.3) is 0 Å². The highest BCUT2D eigenvalue weighted by atomic mass is 16.5. The summed E-state index contributed by atoms with van der Waals surface area (Å²) < 4.78 is 5.44. The molecule has 0 radical (unpaired) electrons. The summed E-state index contributed by atoms with van der Waals surface area (Å²) in [7, 11) is 0. The number of carbonyl (C=O) groups excluding carboxylic acids is 2. The molecule has 2 rings (SSSR count). The number of azo groups is 1. The molecule has 0 saturated heterocycles. The van der Waals surface area contributed by atoms with Crippen molar-refractivity contribution < 1.29 is 14.3 Å². The summed E-state index contributed by atoms with van der Waals surface area (Å²) in [6.07, 6.45) is 17.7. The van der Waals surface area contributed by atoms with E-state index in [4.69, 9.17) is 4.74 Å². The van der Waals surface area contributed by atoms with E-state index in [0.29, 0.717) is 35.5 Å². The molecule has 0 N–H and O–H groups in total. The molecule has 2 aromatic rings. The Labute approximate surface area is 217 Å². The third-order valence-electron chi connectivity index (χ3n) is 6.34. The molecule has 0 atom stereocenters. The SMILES string of the molecule is CCCCCCCCCCCCCCCC(=O)Oc1ccc(N=Nc2ccc(C(=O)CC)cc2)cc1. The number of carbonyl (C=O) groups is 2. The maximum Gasteiger partial charge on any atom is 0.311 e. The van der Waals surface area contributed by atoms with Gasteiger partial charge in [-0.3, -0.25) is 9.59 Å². The van der Waals surface area contributed by atoms with Gasteiger partial charge in [-0.2, -0.15) is 10.2 Å². The number of hydrogen-bond donors (Lipinski definition) is 0. The Kier molecular flexibility index (Phi) is 15.1. The first-order valence-electron chi connectivity index (χ1n) is 14.0. The van der Waals surface area contributed by atoms with Crippen molar-refractivity contribution in [1.29, 1.82) is 0 Å². The molecule has 0 heterocycles. The third kappa shape index (κ3) is 12.8. The number of benzene rings is 2. The Morgan fingerprint density at radius 2 is 1.06 bits per heavy atom. The van der Waals surface area contributed by atoms with Gasteiger partial charge in [0.2, 0.25) is 0 Å². The van der Waals surface area contributed by atoms with E-state index >= 15 is 0 Å². The van der Waals surface area contributed by atoms with Gasteiger partial charge in [-0.05, 0) is 55.0 Å². The molecule has 0 aliphatic rings. The zero-order valence-corrected chi connectivity index (χ0v) is 22.3. The van der Waals surface area contributed by atoms with Crippen molar-refractivity contribution in [2.24, 2.45) is 10.2 Å². The predicted molar refractivity (Wildman–Crippen MR) is 148 cm³/mol. The van der Waals surface area contributed by atoms with Gasteiger partial charge in [-0.15, -0.1) is 0 Å². The molecular formula is C31H44N2O3. The van der Waals surface area contributed by atoms with Crippen LogP contribution in [0.1, 0.15) is 121 Å². The van der Waals surface area contributed by atoms with E-state index in [2.05, 4.69) is 17.2 Å². The minimum absolute atomic E-state index is 0.109. The maximum absolute atomic E-state index is 12.1. The summed E-state index contributed by atoms with van der Waals surface area (Å²) in [6, 6.07) is 14.1. The van der Waals surface area contributed by atoms with Crippen LogP contribution in [0.4, 0.5) is 11.4 Å². The summed E-state index contributed by atoms with van der Waals surface area (Å²) in [5, 5.41) is 8.41. The summed E-state index contributed by atoms with van der Waals surface area (Å²) >= 11 is 0. The number of hydrogen-bond acceptors (Lipinski definition) is 5. The molecule has 36 heavy (non-hydrogen) atoms. The number of esters is 1. The van der Waals surface area contributed by atoms with Gasteiger partial charge in [-0.1, -0.05) is 90.9 Å². The highest BCUT2D eigenvalue weighted by Crippen LogP contribution is 2.22. The molecule has 196 valence electrons. The van der Waals surface area contributed by atoms with Crippen molar-refractivity contribution in [2.45, 2.75) is 110 Å². The zero-order chi connectivity index (χ0) is 25.8. The maximum atomic E-state index is 12.1. The lowest BCUT2D eigenvalue weighted by atomic mass is 10.0. The lowest BCUT2D eigenvalue weighted by molar-refractivity contribution is -0.134. The monoisotopic (exact) mass is 492 g/mol. The molecule has 0 amide bonds. The lowest BCUT2D eigenvalue weighted by Gasteiger charge is -2.05. The van der Waals surface area contributed by atoms with Crippen molar-refractivity contribution in [1.82, 2.24) is 0 Å². The third-order valence-corrected chi connectivity index (χ3v) is 6.34. The predicted octanol–water partition coefficient (Wildman–Crippen LogP) is 10.1. The van der Waals surface area contributed by atoms with Gasteiger partial charge < -0.3 is 4.74 Å². The average molecular weight is 493 g/mol. The van der Waals surface area contributed by atoms with Crippen LogP contribution in [-0.4, -0.2) is 11.8 Å². The molecule has 5 heteroatoms. The number of nitrogens with zero attached hydrogens (tertiary/aromatic N) is 2. The van der Waals surface area contributed by atoms with E-state index in [1.165, 1.54) is 70.6 Å². The minimum Gasteiger partial charge on any atom is -0.427 e. The quantitative estimate of drug-likeness (QED) is 0.0644. The van der Waals surface area contributed by atoms with Gasteiger partial charge in [0.05, 0.1) is 11.4 Å². The highest BCUT2D eigenvalue weighted by molar-refractivity contribution is 5.96. The van der Waals surface area contributed by atoms with Gasteiger partial charge in [0, 0.05) is 18.4 Å². The largest absolute Gasteiger partial charge is 0.427 e. The van der Waals surface area contributed by atoms with Crippen LogP contribution in [0.3, 0.4) is 0 Å². The van der Waals surface area contributed by atoms with Gasteiger partial charge in [0.15, 0.2) is 5.78 Å². The lowest BCUT2D eigenvalue weighted by Crippen LogP contribution is -2.07. The topological polar surface area (TPSA) is 68.1 Å². The smallest absolute Gasteiger partial charge is 0.311 e. The Balaban J connectivity index is 1.55. The summed E-state index contributed by atoms with van der Waals surface area (Å²) in [4.78, 5) is 23.8. The molecule has 0 fully saturated rings. The Bertz CT molecular complexity index is 904. The van der Waals surface area contributed by atoms with Crippen molar-refractivity contribution in [2.75, 3.05) is 0 Å². The van der Waals surface area contributed by atoms with E-state index in [9.17, 15) is 9.59 Å². The van der Waals surface area contributed by atoms with Crippen LogP contribution >= 0.6 is 0 Å². The summed E-state index contributed by atoms with van der Waals surface area (Å²) in [5.74, 6) is 0.447. The molecule has 0 spiro atoms. The second kappa shape index (κ2) is 18.4.